The number of benzene rings is 4. The number of rotatable bonds is 5. The Labute approximate surface area is 191 Å². The molecule has 0 saturated heterocycles. The second kappa shape index (κ2) is 8.93. The van der Waals surface area contributed by atoms with E-state index in [2.05, 4.69) is 10.4 Å². The lowest BCUT2D eigenvalue weighted by Gasteiger charge is -2.12. The average molecular weight is 431 g/mol. The summed E-state index contributed by atoms with van der Waals surface area (Å²) < 4.78 is 1.21. The van der Waals surface area contributed by atoms with E-state index in [1.165, 1.54) is 10.7 Å². The van der Waals surface area contributed by atoms with Gasteiger partial charge in [-0.25, -0.2) is 4.68 Å². The van der Waals surface area contributed by atoms with Crippen molar-refractivity contribution in [3.63, 3.8) is 0 Å². The predicted octanol–water partition coefficient (Wildman–Crippen LogP) is 5.37. The average Bonchev–Trinajstić information content (AvgIpc) is 2.86. The Kier molecular flexibility index (Phi) is 5.52. The maximum absolute atomic E-state index is 12.9. The fourth-order valence-corrected chi connectivity index (χ4v) is 3.94. The largest absolute Gasteiger partial charge is 0.324 e. The Morgan fingerprint density at radius 3 is 2.30 bits per heavy atom. The van der Waals surface area contributed by atoms with Gasteiger partial charge in [-0.15, -0.1) is 0 Å². The number of carbonyl (C=O) groups excluding carboxylic acids is 1. The molecule has 1 aromatic heterocycles. The zero-order chi connectivity index (χ0) is 22.6. The first-order valence-corrected chi connectivity index (χ1v) is 10.7. The third-order valence-electron chi connectivity index (χ3n) is 5.51. The van der Waals surface area contributed by atoms with E-state index >= 15 is 0 Å². The summed E-state index contributed by atoms with van der Waals surface area (Å²) in [5.41, 5.74) is 3.83. The minimum absolute atomic E-state index is 0.180. The van der Waals surface area contributed by atoms with E-state index in [0.29, 0.717) is 11.4 Å². The van der Waals surface area contributed by atoms with Gasteiger partial charge < -0.3 is 5.32 Å². The van der Waals surface area contributed by atoms with E-state index in [4.69, 9.17) is 0 Å². The van der Waals surface area contributed by atoms with Gasteiger partial charge in [-0.2, -0.15) is 5.10 Å². The number of aromatic nitrogens is 2. The van der Waals surface area contributed by atoms with E-state index in [1.807, 2.05) is 97.1 Å². The summed E-state index contributed by atoms with van der Waals surface area (Å²) >= 11 is 0. The number of carbonyl (C=O) groups is 1. The highest BCUT2D eigenvalue weighted by Crippen LogP contribution is 2.28. The maximum Gasteiger partial charge on any atom is 0.267 e. The van der Waals surface area contributed by atoms with Gasteiger partial charge in [0.05, 0.1) is 5.69 Å². The standard InChI is InChI=1S/C28H21N3O2/c32-27(29-25-16-7-6-14-23(25)21-9-2-1-3-10-21)19-31-28(33)18-17-26(30-31)24-15-8-12-20-11-4-5-13-22(20)24/h1-18H,19H2,(H,29,32). The SMILES string of the molecule is O=C(Cn1nc(-c2cccc3ccccc23)ccc1=O)Nc1ccccc1-c1ccccc1. The molecule has 0 aliphatic heterocycles. The van der Waals surface area contributed by atoms with Crippen molar-refractivity contribution in [1.82, 2.24) is 9.78 Å². The van der Waals surface area contributed by atoms with Crippen LogP contribution in [0.1, 0.15) is 0 Å². The second-order valence-electron chi connectivity index (χ2n) is 7.70. The number of hydrogen-bond acceptors (Lipinski definition) is 3. The molecule has 0 fully saturated rings. The molecule has 0 bridgehead atoms. The lowest BCUT2D eigenvalue weighted by molar-refractivity contribution is -0.117. The van der Waals surface area contributed by atoms with Crippen LogP contribution in [-0.4, -0.2) is 15.7 Å². The molecule has 1 amide bonds. The van der Waals surface area contributed by atoms with Gasteiger partial charge in [0.25, 0.3) is 5.56 Å². The molecular weight excluding hydrogens is 410 g/mol. The van der Waals surface area contributed by atoms with Crippen LogP contribution in [0.25, 0.3) is 33.2 Å². The molecule has 0 radical (unpaired) electrons. The Bertz CT molecular complexity index is 1500. The van der Waals surface area contributed by atoms with E-state index < -0.39 is 0 Å². The van der Waals surface area contributed by atoms with E-state index in [-0.39, 0.29) is 18.0 Å². The van der Waals surface area contributed by atoms with Crippen molar-refractivity contribution in [2.45, 2.75) is 6.54 Å². The van der Waals surface area contributed by atoms with Crippen molar-refractivity contribution in [3.8, 4) is 22.4 Å². The second-order valence-corrected chi connectivity index (χ2v) is 7.70. The zero-order valence-electron chi connectivity index (χ0n) is 17.8. The van der Waals surface area contributed by atoms with E-state index in [0.717, 1.165) is 27.5 Å². The predicted molar refractivity (Wildman–Crippen MR) is 132 cm³/mol. The number of para-hydroxylation sites is 1. The molecule has 5 rings (SSSR count). The van der Waals surface area contributed by atoms with Crippen LogP contribution in [0.5, 0.6) is 0 Å². The van der Waals surface area contributed by atoms with Gasteiger partial charge in [0.1, 0.15) is 6.54 Å². The lowest BCUT2D eigenvalue weighted by atomic mass is 10.0. The topological polar surface area (TPSA) is 64.0 Å². The minimum atomic E-state index is -0.328. The molecule has 160 valence electrons. The number of amides is 1. The molecule has 0 aliphatic rings. The summed E-state index contributed by atoms with van der Waals surface area (Å²) in [5.74, 6) is -0.317. The van der Waals surface area contributed by atoms with Crippen molar-refractivity contribution in [1.29, 1.82) is 0 Å². The Balaban J connectivity index is 1.43. The molecule has 0 unspecified atom stereocenters. The number of fused-ring (bicyclic) bond motifs is 1. The molecule has 0 saturated carbocycles. The van der Waals surface area contributed by atoms with Crippen LogP contribution in [0.15, 0.2) is 114 Å². The number of hydrogen-bond donors (Lipinski definition) is 1. The summed E-state index contributed by atoms with van der Waals surface area (Å²) in [7, 11) is 0. The van der Waals surface area contributed by atoms with Gasteiger partial charge >= 0.3 is 0 Å². The molecule has 5 nitrogen and oxygen atoms in total. The molecule has 0 spiro atoms. The molecule has 1 N–H and O–H groups in total. The third-order valence-corrected chi connectivity index (χ3v) is 5.51. The smallest absolute Gasteiger partial charge is 0.267 e. The van der Waals surface area contributed by atoms with Gasteiger partial charge in [0, 0.05) is 22.9 Å². The first-order valence-electron chi connectivity index (χ1n) is 10.7. The molecule has 0 atom stereocenters. The van der Waals surface area contributed by atoms with Crippen LogP contribution < -0.4 is 10.9 Å². The van der Waals surface area contributed by atoms with Gasteiger partial charge in [-0.05, 0) is 28.5 Å². The number of anilines is 1. The molecule has 4 aromatic carbocycles. The Morgan fingerprint density at radius 1 is 0.727 bits per heavy atom. The Morgan fingerprint density at radius 2 is 1.42 bits per heavy atom. The van der Waals surface area contributed by atoms with Crippen LogP contribution in [0.2, 0.25) is 0 Å². The first-order chi connectivity index (χ1) is 16.2. The molecule has 5 aromatic rings. The van der Waals surface area contributed by atoms with Crippen LogP contribution in [0.4, 0.5) is 5.69 Å². The highest BCUT2D eigenvalue weighted by molar-refractivity contribution is 5.96. The number of nitrogens with zero attached hydrogens (tertiary/aromatic N) is 2. The first kappa shape index (κ1) is 20.4. The monoisotopic (exact) mass is 431 g/mol. The van der Waals surface area contributed by atoms with Crippen molar-refractivity contribution < 1.29 is 4.79 Å². The zero-order valence-corrected chi connectivity index (χ0v) is 17.8. The molecule has 0 aliphatic carbocycles. The van der Waals surface area contributed by atoms with Gasteiger partial charge in [0.15, 0.2) is 0 Å². The molecule has 5 heteroatoms. The van der Waals surface area contributed by atoms with Crippen molar-refractivity contribution >= 4 is 22.4 Å². The summed E-state index contributed by atoms with van der Waals surface area (Å²) in [6.07, 6.45) is 0. The maximum atomic E-state index is 12.9. The van der Waals surface area contributed by atoms with Gasteiger partial charge in [-0.1, -0.05) is 91.0 Å². The third kappa shape index (κ3) is 4.29. The Hall–Kier alpha value is -4.51. The van der Waals surface area contributed by atoms with E-state index in [1.54, 1.807) is 6.07 Å². The molecular formula is C28H21N3O2. The quantitative estimate of drug-likeness (QED) is 0.407. The van der Waals surface area contributed by atoms with Crippen molar-refractivity contribution in [2.24, 2.45) is 0 Å². The summed E-state index contributed by atoms with van der Waals surface area (Å²) in [6.45, 7) is -0.180. The fraction of sp³-hybridized carbons (Fsp3) is 0.0357. The summed E-state index contributed by atoms with van der Waals surface area (Å²) in [5, 5.41) is 9.56. The van der Waals surface area contributed by atoms with Crippen LogP contribution in [0, 0.1) is 0 Å². The van der Waals surface area contributed by atoms with Crippen LogP contribution in [-0.2, 0) is 11.3 Å². The molecule has 33 heavy (non-hydrogen) atoms. The fourth-order valence-electron chi connectivity index (χ4n) is 3.94. The summed E-state index contributed by atoms with van der Waals surface area (Å²) in [6, 6.07) is 34.6. The minimum Gasteiger partial charge on any atom is -0.324 e. The normalized spacial score (nSPS) is 10.8. The van der Waals surface area contributed by atoms with Crippen LogP contribution >= 0.6 is 0 Å². The number of nitrogens with one attached hydrogen (secondary N) is 1. The van der Waals surface area contributed by atoms with Gasteiger partial charge in [-0.3, -0.25) is 9.59 Å². The van der Waals surface area contributed by atoms with Gasteiger partial charge in [0.2, 0.25) is 5.91 Å². The van der Waals surface area contributed by atoms with Crippen molar-refractivity contribution in [2.75, 3.05) is 5.32 Å². The summed E-state index contributed by atoms with van der Waals surface area (Å²) in [4.78, 5) is 25.3. The van der Waals surface area contributed by atoms with Crippen molar-refractivity contribution in [3.05, 3.63) is 120 Å². The van der Waals surface area contributed by atoms with E-state index in [9.17, 15) is 9.59 Å². The highest BCUT2D eigenvalue weighted by Gasteiger charge is 2.12. The lowest BCUT2D eigenvalue weighted by Crippen LogP contribution is -2.29. The molecule has 1 heterocycles. The van der Waals surface area contributed by atoms with Crippen LogP contribution in [0.3, 0.4) is 0 Å². The highest BCUT2D eigenvalue weighted by atomic mass is 16.2.